The minimum Gasteiger partial charge on any atom is -0.508 e. The quantitative estimate of drug-likeness (QED) is 0.658. The molecule has 1 aromatic carbocycles. The number of esters is 1. The summed E-state index contributed by atoms with van der Waals surface area (Å²) in [6.45, 7) is 0. The predicted molar refractivity (Wildman–Crippen MR) is 62.3 cm³/mol. The zero-order chi connectivity index (χ0) is 13.7. The number of hydrogen-bond donors (Lipinski definition) is 3. The zero-order valence-corrected chi connectivity index (χ0v) is 10.2. The second-order valence-electron chi connectivity index (χ2n) is 3.72. The predicted octanol–water partition coefficient (Wildman–Crippen LogP) is 0.358. The first-order chi connectivity index (χ1) is 8.49. The van der Waals surface area contributed by atoms with Gasteiger partial charge in [0.05, 0.1) is 26.7 Å². The van der Waals surface area contributed by atoms with Gasteiger partial charge >= 0.3 is 5.97 Å². The van der Waals surface area contributed by atoms with Crippen molar-refractivity contribution in [3.05, 3.63) is 23.8 Å². The molecule has 0 aliphatic heterocycles. The standard InChI is InChI=1S/C12H16O6/c1-17-10-4-3-7(13)5-8(10)12(16)9(14)6-11(15)18-2/h3-5,9,12-14,16H,6H2,1-2H3. The molecule has 0 spiro atoms. The summed E-state index contributed by atoms with van der Waals surface area (Å²) >= 11 is 0. The number of benzene rings is 1. The highest BCUT2D eigenvalue weighted by Crippen LogP contribution is 2.31. The molecular weight excluding hydrogens is 240 g/mol. The maximum atomic E-state index is 11.0. The zero-order valence-electron chi connectivity index (χ0n) is 10.2. The monoisotopic (exact) mass is 256 g/mol. The van der Waals surface area contributed by atoms with E-state index in [1.165, 1.54) is 32.4 Å². The molecule has 6 nitrogen and oxygen atoms in total. The Labute approximate surface area is 104 Å². The lowest BCUT2D eigenvalue weighted by Crippen LogP contribution is -2.23. The van der Waals surface area contributed by atoms with Gasteiger partial charge in [-0.15, -0.1) is 0 Å². The lowest BCUT2D eigenvalue weighted by molar-refractivity contribution is -0.144. The highest BCUT2D eigenvalue weighted by atomic mass is 16.5. The fourth-order valence-electron chi connectivity index (χ4n) is 1.53. The Bertz CT molecular complexity index is 417. The average Bonchev–Trinajstić information content (AvgIpc) is 2.37. The summed E-state index contributed by atoms with van der Waals surface area (Å²) in [5.41, 5.74) is 0.203. The highest BCUT2D eigenvalue weighted by Gasteiger charge is 2.24. The third-order valence-corrected chi connectivity index (χ3v) is 2.50. The Morgan fingerprint density at radius 3 is 2.56 bits per heavy atom. The Morgan fingerprint density at radius 2 is 2.00 bits per heavy atom. The Kier molecular flexibility index (Phi) is 4.94. The molecular formula is C12H16O6. The molecule has 0 aliphatic carbocycles. The van der Waals surface area contributed by atoms with Gasteiger partial charge in [-0.3, -0.25) is 4.79 Å². The van der Waals surface area contributed by atoms with Crippen molar-refractivity contribution >= 4 is 5.97 Å². The molecule has 18 heavy (non-hydrogen) atoms. The van der Waals surface area contributed by atoms with Crippen LogP contribution in [0, 0.1) is 0 Å². The van der Waals surface area contributed by atoms with Crippen LogP contribution in [0.2, 0.25) is 0 Å². The van der Waals surface area contributed by atoms with E-state index < -0.39 is 18.2 Å². The largest absolute Gasteiger partial charge is 0.508 e. The van der Waals surface area contributed by atoms with Gasteiger partial charge in [0, 0.05) is 5.56 Å². The number of ether oxygens (including phenoxy) is 2. The van der Waals surface area contributed by atoms with Crippen LogP contribution < -0.4 is 4.74 Å². The Balaban J connectivity index is 2.91. The van der Waals surface area contributed by atoms with E-state index in [1.54, 1.807) is 0 Å². The average molecular weight is 256 g/mol. The Morgan fingerprint density at radius 1 is 1.33 bits per heavy atom. The van der Waals surface area contributed by atoms with Gasteiger partial charge < -0.3 is 24.8 Å². The molecule has 1 aromatic rings. The van der Waals surface area contributed by atoms with Crippen LogP contribution in [-0.4, -0.2) is 41.6 Å². The van der Waals surface area contributed by atoms with Gasteiger partial charge in [0.15, 0.2) is 0 Å². The molecule has 0 radical (unpaired) electrons. The smallest absolute Gasteiger partial charge is 0.308 e. The molecule has 0 aliphatic rings. The summed E-state index contributed by atoms with van der Waals surface area (Å²) in [6, 6.07) is 4.12. The van der Waals surface area contributed by atoms with Crippen molar-refractivity contribution in [2.75, 3.05) is 14.2 Å². The van der Waals surface area contributed by atoms with E-state index in [2.05, 4.69) is 4.74 Å². The number of carbonyl (C=O) groups is 1. The van der Waals surface area contributed by atoms with Crippen molar-refractivity contribution in [2.45, 2.75) is 18.6 Å². The molecule has 1 rings (SSSR count). The normalized spacial score (nSPS) is 13.8. The summed E-state index contributed by atoms with van der Waals surface area (Å²) < 4.78 is 9.40. The molecule has 2 atom stereocenters. The van der Waals surface area contributed by atoms with Crippen LogP contribution in [0.15, 0.2) is 18.2 Å². The molecule has 0 bridgehead atoms. The number of rotatable bonds is 5. The van der Waals surface area contributed by atoms with Crippen LogP contribution in [0.25, 0.3) is 0 Å². The third-order valence-electron chi connectivity index (χ3n) is 2.50. The van der Waals surface area contributed by atoms with E-state index in [4.69, 9.17) is 4.74 Å². The molecule has 2 unspecified atom stereocenters. The van der Waals surface area contributed by atoms with Gasteiger partial charge in [0.1, 0.15) is 17.6 Å². The molecule has 0 saturated carbocycles. The fraction of sp³-hybridized carbons (Fsp3) is 0.417. The molecule has 100 valence electrons. The van der Waals surface area contributed by atoms with E-state index in [0.29, 0.717) is 5.75 Å². The number of hydrogen-bond acceptors (Lipinski definition) is 6. The van der Waals surface area contributed by atoms with Gasteiger partial charge in [-0.05, 0) is 18.2 Å². The highest BCUT2D eigenvalue weighted by molar-refractivity contribution is 5.69. The van der Waals surface area contributed by atoms with E-state index in [0.717, 1.165) is 0 Å². The Hall–Kier alpha value is -1.79. The van der Waals surface area contributed by atoms with Gasteiger partial charge in [-0.1, -0.05) is 0 Å². The number of aliphatic hydroxyl groups excluding tert-OH is 2. The van der Waals surface area contributed by atoms with Crippen molar-refractivity contribution in [1.82, 2.24) is 0 Å². The van der Waals surface area contributed by atoms with Crippen LogP contribution in [0.3, 0.4) is 0 Å². The van der Waals surface area contributed by atoms with Gasteiger partial charge in [-0.25, -0.2) is 0 Å². The first-order valence-corrected chi connectivity index (χ1v) is 5.29. The van der Waals surface area contributed by atoms with E-state index in [9.17, 15) is 20.1 Å². The molecule has 0 fully saturated rings. The van der Waals surface area contributed by atoms with Crippen LogP contribution in [0.1, 0.15) is 18.1 Å². The molecule has 0 amide bonds. The van der Waals surface area contributed by atoms with E-state index in [1.807, 2.05) is 0 Å². The summed E-state index contributed by atoms with van der Waals surface area (Å²) in [7, 11) is 2.59. The number of phenols is 1. The van der Waals surface area contributed by atoms with Crippen LogP contribution in [0.5, 0.6) is 11.5 Å². The number of carbonyl (C=O) groups excluding carboxylic acids is 1. The third kappa shape index (κ3) is 3.35. The molecule has 3 N–H and O–H groups in total. The lowest BCUT2D eigenvalue weighted by atomic mass is 10.0. The summed E-state index contributed by atoms with van der Waals surface area (Å²) in [6.07, 6.45) is -3.05. The first kappa shape index (κ1) is 14.3. The maximum Gasteiger partial charge on any atom is 0.308 e. The van der Waals surface area contributed by atoms with Crippen molar-refractivity contribution in [1.29, 1.82) is 0 Å². The lowest BCUT2D eigenvalue weighted by Gasteiger charge is -2.19. The number of aromatic hydroxyl groups is 1. The number of methoxy groups -OCH3 is 2. The summed E-state index contributed by atoms with van der Waals surface area (Å²) in [5.74, 6) is -0.403. The van der Waals surface area contributed by atoms with Crippen LogP contribution >= 0.6 is 0 Å². The fourth-order valence-corrected chi connectivity index (χ4v) is 1.53. The van der Waals surface area contributed by atoms with Gasteiger partial charge in [0.2, 0.25) is 0 Å². The molecule has 0 aromatic heterocycles. The van der Waals surface area contributed by atoms with Crippen molar-refractivity contribution < 1.29 is 29.6 Å². The molecule has 6 heteroatoms. The SMILES string of the molecule is COC(=O)CC(O)C(O)c1cc(O)ccc1OC. The minimum absolute atomic E-state index is 0.0740. The maximum absolute atomic E-state index is 11.0. The minimum atomic E-state index is -1.36. The van der Waals surface area contributed by atoms with E-state index in [-0.39, 0.29) is 17.7 Å². The molecule has 0 saturated heterocycles. The topological polar surface area (TPSA) is 96.2 Å². The first-order valence-electron chi connectivity index (χ1n) is 5.29. The van der Waals surface area contributed by atoms with Gasteiger partial charge in [0.25, 0.3) is 0 Å². The van der Waals surface area contributed by atoms with E-state index >= 15 is 0 Å². The van der Waals surface area contributed by atoms with Crippen molar-refractivity contribution in [3.63, 3.8) is 0 Å². The van der Waals surface area contributed by atoms with Crippen LogP contribution in [-0.2, 0) is 9.53 Å². The summed E-state index contributed by atoms with van der Waals surface area (Å²) in [5, 5.41) is 29.0. The van der Waals surface area contributed by atoms with Gasteiger partial charge in [-0.2, -0.15) is 0 Å². The van der Waals surface area contributed by atoms with Crippen molar-refractivity contribution in [2.24, 2.45) is 0 Å². The number of phenolic OH excluding ortho intramolecular Hbond substituents is 1. The molecule has 0 heterocycles. The summed E-state index contributed by atoms with van der Waals surface area (Å²) in [4.78, 5) is 11.0. The second-order valence-corrected chi connectivity index (χ2v) is 3.72. The second kappa shape index (κ2) is 6.23. The van der Waals surface area contributed by atoms with Crippen LogP contribution in [0.4, 0.5) is 0 Å². The number of aliphatic hydroxyl groups is 2. The van der Waals surface area contributed by atoms with Crippen molar-refractivity contribution in [3.8, 4) is 11.5 Å².